The Labute approximate surface area is 114 Å². The average Bonchev–Trinajstić information content (AvgIpc) is 2.30. The van der Waals surface area contributed by atoms with E-state index in [1.54, 1.807) is 20.8 Å². The largest absolute Gasteiger partial charge is 0.444 e. The number of hydroxylamine groups is 2. The fraction of sp³-hybridized carbons (Fsp3) is 0.833. The zero-order valence-corrected chi connectivity index (χ0v) is 12.4. The number of ether oxygens (including phenoxy) is 1. The van der Waals surface area contributed by atoms with Gasteiger partial charge in [0.05, 0.1) is 7.11 Å². The summed E-state index contributed by atoms with van der Waals surface area (Å²) in [5, 5.41) is 3.60. The van der Waals surface area contributed by atoms with E-state index < -0.39 is 17.7 Å². The number of alkyl carbamates (subject to hydrolysis) is 1. The van der Waals surface area contributed by atoms with Crippen LogP contribution in [0.1, 0.15) is 33.6 Å². The highest BCUT2D eigenvalue weighted by Gasteiger charge is 2.26. The first-order chi connectivity index (χ1) is 8.71. The number of hydrogen-bond donors (Lipinski definition) is 2. The zero-order chi connectivity index (χ0) is 15.1. The summed E-state index contributed by atoms with van der Waals surface area (Å²) < 4.78 is 5.12. The summed E-state index contributed by atoms with van der Waals surface area (Å²) in [6.45, 7) is 5.70. The van der Waals surface area contributed by atoms with Crippen molar-refractivity contribution in [3.05, 3.63) is 0 Å². The number of rotatable bonds is 6. The third kappa shape index (κ3) is 7.63. The van der Waals surface area contributed by atoms with Crippen LogP contribution in [0.15, 0.2) is 0 Å². The first-order valence-electron chi connectivity index (χ1n) is 6.22. The van der Waals surface area contributed by atoms with Crippen molar-refractivity contribution in [2.45, 2.75) is 45.3 Å². The maximum absolute atomic E-state index is 12.0. The van der Waals surface area contributed by atoms with Crippen LogP contribution in [0.5, 0.6) is 0 Å². The van der Waals surface area contributed by atoms with Gasteiger partial charge in [0.2, 0.25) is 0 Å². The number of amides is 2. The van der Waals surface area contributed by atoms with Crippen LogP contribution in [-0.2, 0) is 14.4 Å². The van der Waals surface area contributed by atoms with Crippen LogP contribution >= 0.6 is 0 Å². The monoisotopic (exact) mass is 275 g/mol. The lowest BCUT2D eigenvalue weighted by Crippen LogP contribution is -2.48. The summed E-state index contributed by atoms with van der Waals surface area (Å²) in [5.41, 5.74) is 4.81. The van der Waals surface area contributed by atoms with Crippen LogP contribution in [0.2, 0.25) is 0 Å². The molecule has 0 aliphatic heterocycles. The number of carbonyl (C=O) groups excluding carboxylic acids is 2. The summed E-state index contributed by atoms with van der Waals surface area (Å²) in [4.78, 5) is 28.5. The van der Waals surface area contributed by atoms with Crippen molar-refractivity contribution in [3.8, 4) is 0 Å². The lowest BCUT2D eigenvalue weighted by atomic mass is 10.1. The Bertz CT molecular complexity index is 302. The summed E-state index contributed by atoms with van der Waals surface area (Å²) >= 11 is 0. The molecule has 0 aromatic carbocycles. The first kappa shape index (κ1) is 17.7. The molecule has 0 saturated heterocycles. The molecule has 0 unspecified atom stereocenters. The minimum atomic E-state index is -0.705. The van der Waals surface area contributed by atoms with Crippen molar-refractivity contribution < 1.29 is 19.2 Å². The van der Waals surface area contributed by atoms with Crippen LogP contribution < -0.4 is 11.1 Å². The third-order valence-electron chi connectivity index (χ3n) is 2.27. The topological polar surface area (TPSA) is 93.9 Å². The van der Waals surface area contributed by atoms with E-state index in [2.05, 4.69) is 5.32 Å². The van der Waals surface area contributed by atoms with Crippen LogP contribution in [0.25, 0.3) is 0 Å². The van der Waals surface area contributed by atoms with Crippen LogP contribution in [0, 0.1) is 0 Å². The SMILES string of the molecule is CON(C)C(=O)[C@H](CCCN)NC(=O)OC(C)(C)C. The van der Waals surface area contributed by atoms with Crippen molar-refractivity contribution in [1.29, 1.82) is 0 Å². The molecular formula is C12H25N3O4. The minimum Gasteiger partial charge on any atom is -0.444 e. The molecule has 0 fully saturated rings. The summed E-state index contributed by atoms with van der Waals surface area (Å²) in [5.74, 6) is -0.346. The van der Waals surface area contributed by atoms with Gasteiger partial charge in [0.25, 0.3) is 5.91 Å². The quantitative estimate of drug-likeness (QED) is 0.694. The van der Waals surface area contributed by atoms with E-state index in [0.29, 0.717) is 19.4 Å². The number of carbonyl (C=O) groups is 2. The molecule has 19 heavy (non-hydrogen) atoms. The van der Waals surface area contributed by atoms with Gasteiger partial charge in [-0.3, -0.25) is 9.63 Å². The molecule has 2 amide bonds. The van der Waals surface area contributed by atoms with Crippen molar-refractivity contribution in [2.75, 3.05) is 20.7 Å². The summed E-state index contributed by atoms with van der Waals surface area (Å²) in [7, 11) is 2.86. The van der Waals surface area contributed by atoms with Crippen LogP contribution in [-0.4, -0.2) is 49.4 Å². The second kappa shape index (κ2) is 7.96. The molecule has 0 aliphatic rings. The number of nitrogens with one attached hydrogen (secondary N) is 1. The van der Waals surface area contributed by atoms with Gasteiger partial charge in [-0.15, -0.1) is 0 Å². The highest BCUT2D eigenvalue weighted by atomic mass is 16.7. The molecule has 0 saturated carbocycles. The lowest BCUT2D eigenvalue weighted by molar-refractivity contribution is -0.171. The fourth-order valence-corrected chi connectivity index (χ4v) is 1.34. The molecule has 0 bridgehead atoms. The molecule has 0 rings (SSSR count). The number of hydrogen-bond acceptors (Lipinski definition) is 5. The van der Waals surface area contributed by atoms with E-state index in [-0.39, 0.29) is 5.91 Å². The summed E-state index contributed by atoms with van der Waals surface area (Å²) in [6, 6.07) is -0.705. The Morgan fingerprint density at radius 1 is 1.37 bits per heavy atom. The predicted molar refractivity (Wildman–Crippen MR) is 71.2 cm³/mol. The Morgan fingerprint density at radius 2 is 1.95 bits per heavy atom. The highest BCUT2D eigenvalue weighted by molar-refractivity contribution is 5.84. The van der Waals surface area contributed by atoms with E-state index in [4.69, 9.17) is 15.3 Å². The maximum atomic E-state index is 12.0. The Balaban J connectivity index is 4.59. The van der Waals surface area contributed by atoms with Crippen molar-refractivity contribution in [1.82, 2.24) is 10.4 Å². The maximum Gasteiger partial charge on any atom is 0.408 e. The van der Waals surface area contributed by atoms with Gasteiger partial charge in [-0.25, -0.2) is 9.86 Å². The molecule has 0 aromatic heterocycles. The van der Waals surface area contributed by atoms with Crippen molar-refractivity contribution >= 4 is 12.0 Å². The minimum absolute atomic E-state index is 0.346. The second-order valence-corrected chi connectivity index (χ2v) is 5.15. The first-order valence-corrected chi connectivity index (χ1v) is 6.22. The standard InChI is InChI=1S/C12H25N3O4/c1-12(2,3)19-11(17)14-9(7-6-8-13)10(16)15(4)18-5/h9H,6-8,13H2,1-5H3,(H,14,17)/t9-/m0/s1. The van der Waals surface area contributed by atoms with E-state index in [9.17, 15) is 9.59 Å². The van der Waals surface area contributed by atoms with Crippen LogP contribution in [0.3, 0.4) is 0 Å². The molecular weight excluding hydrogens is 250 g/mol. The number of nitrogens with two attached hydrogens (primary N) is 1. The van der Waals surface area contributed by atoms with E-state index in [1.807, 2.05) is 0 Å². The smallest absolute Gasteiger partial charge is 0.408 e. The molecule has 0 aliphatic carbocycles. The number of likely N-dealkylation sites (N-methyl/N-ethyl adjacent to an activating group) is 1. The van der Waals surface area contributed by atoms with Gasteiger partial charge in [0, 0.05) is 7.05 Å². The Hall–Kier alpha value is -1.34. The van der Waals surface area contributed by atoms with Gasteiger partial charge in [-0.05, 0) is 40.2 Å². The highest BCUT2D eigenvalue weighted by Crippen LogP contribution is 2.08. The van der Waals surface area contributed by atoms with Gasteiger partial charge >= 0.3 is 6.09 Å². The molecule has 7 heteroatoms. The second-order valence-electron chi connectivity index (χ2n) is 5.15. The van der Waals surface area contributed by atoms with Gasteiger partial charge in [0.1, 0.15) is 11.6 Å². The lowest BCUT2D eigenvalue weighted by Gasteiger charge is -2.25. The van der Waals surface area contributed by atoms with Crippen molar-refractivity contribution in [3.63, 3.8) is 0 Å². The summed E-state index contributed by atoms with van der Waals surface area (Å²) in [6.07, 6.45) is 0.416. The Kier molecular flexibility index (Phi) is 7.40. The normalized spacial score (nSPS) is 12.7. The van der Waals surface area contributed by atoms with Crippen molar-refractivity contribution in [2.24, 2.45) is 5.73 Å². The molecule has 0 aromatic rings. The van der Waals surface area contributed by atoms with Crippen LogP contribution in [0.4, 0.5) is 4.79 Å². The van der Waals surface area contributed by atoms with Gasteiger partial charge in [-0.2, -0.15) is 0 Å². The molecule has 1 atom stereocenters. The van der Waals surface area contributed by atoms with Gasteiger partial charge in [-0.1, -0.05) is 0 Å². The molecule has 112 valence electrons. The third-order valence-corrected chi connectivity index (χ3v) is 2.27. The van der Waals surface area contributed by atoms with Gasteiger partial charge < -0.3 is 15.8 Å². The average molecular weight is 275 g/mol. The predicted octanol–water partition coefficient (Wildman–Crippen LogP) is 0.638. The van der Waals surface area contributed by atoms with Gasteiger partial charge in [0.15, 0.2) is 0 Å². The molecule has 3 N–H and O–H groups in total. The molecule has 0 radical (unpaired) electrons. The Morgan fingerprint density at radius 3 is 2.37 bits per heavy atom. The van der Waals surface area contributed by atoms with E-state index >= 15 is 0 Å². The molecule has 0 spiro atoms. The van der Waals surface area contributed by atoms with E-state index in [1.165, 1.54) is 14.2 Å². The molecule has 7 nitrogen and oxygen atoms in total. The fourth-order valence-electron chi connectivity index (χ4n) is 1.34. The zero-order valence-electron chi connectivity index (χ0n) is 12.4. The number of nitrogens with zero attached hydrogens (tertiary/aromatic N) is 1. The molecule has 0 heterocycles. The van der Waals surface area contributed by atoms with E-state index in [0.717, 1.165) is 5.06 Å².